The van der Waals surface area contributed by atoms with E-state index in [4.69, 9.17) is 5.11 Å². The molecular weight excluding hydrogens is 166 g/mol. The second-order valence-corrected chi connectivity index (χ2v) is 2.57. The largest absolute Gasteiger partial charge is 0.395 e. The first kappa shape index (κ1) is 12.1. The van der Waals surface area contributed by atoms with E-state index in [1.165, 1.54) is 0 Å². The van der Waals surface area contributed by atoms with Crippen LogP contribution in [0.15, 0.2) is 12.4 Å². The van der Waals surface area contributed by atoms with Crippen molar-refractivity contribution >= 4 is 0 Å². The highest BCUT2D eigenvalue weighted by Gasteiger charge is 1.98. The Balaban J connectivity index is 0.000000671. The zero-order chi connectivity index (χ0) is 10.1. The van der Waals surface area contributed by atoms with E-state index in [2.05, 4.69) is 10.2 Å². The Kier molecular flexibility index (Phi) is 7.24. The maximum Gasteiger partial charge on any atom is 0.0558 e. The van der Waals surface area contributed by atoms with Crippen molar-refractivity contribution < 1.29 is 5.11 Å². The molecule has 0 aliphatic rings. The second-order valence-electron chi connectivity index (χ2n) is 2.57. The van der Waals surface area contributed by atoms with E-state index in [0.717, 1.165) is 12.1 Å². The van der Waals surface area contributed by atoms with Crippen molar-refractivity contribution in [3.63, 3.8) is 0 Å². The van der Waals surface area contributed by atoms with E-state index < -0.39 is 0 Å². The van der Waals surface area contributed by atoms with Gasteiger partial charge in [-0.1, -0.05) is 13.8 Å². The minimum Gasteiger partial charge on any atom is -0.395 e. The molecule has 0 atom stereocenters. The van der Waals surface area contributed by atoms with E-state index in [0.29, 0.717) is 6.54 Å². The average molecular weight is 185 g/mol. The fourth-order valence-corrected chi connectivity index (χ4v) is 0.926. The van der Waals surface area contributed by atoms with Crippen molar-refractivity contribution in [3.05, 3.63) is 18.0 Å². The molecule has 0 spiro atoms. The highest BCUT2D eigenvalue weighted by Crippen LogP contribution is 1.97. The van der Waals surface area contributed by atoms with Gasteiger partial charge < -0.3 is 5.11 Å². The fourth-order valence-electron chi connectivity index (χ4n) is 0.926. The number of rotatable bonds is 4. The van der Waals surface area contributed by atoms with Crippen LogP contribution < -0.4 is 0 Å². The van der Waals surface area contributed by atoms with Crippen LogP contribution in [0.5, 0.6) is 0 Å². The number of hydrogen-bond acceptors (Lipinski definition) is 3. The maximum absolute atomic E-state index is 8.60. The summed E-state index contributed by atoms with van der Waals surface area (Å²) in [6, 6.07) is 0. The van der Waals surface area contributed by atoms with Crippen LogP contribution in [-0.4, -0.2) is 40.4 Å². The van der Waals surface area contributed by atoms with Gasteiger partial charge in [0.15, 0.2) is 0 Å². The molecule has 0 radical (unpaired) electrons. The minimum atomic E-state index is 0.203. The Hall–Kier alpha value is -0.870. The lowest BCUT2D eigenvalue weighted by atomic mass is 10.3. The second kappa shape index (κ2) is 7.76. The predicted octanol–water partition coefficient (Wildman–Crippen LogP) is 0.860. The molecule has 0 saturated heterocycles. The van der Waals surface area contributed by atoms with Crippen LogP contribution in [0, 0.1) is 0 Å². The van der Waals surface area contributed by atoms with Crippen molar-refractivity contribution in [3.8, 4) is 0 Å². The van der Waals surface area contributed by atoms with Gasteiger partial charge in [0.1, 0.15) is 0 Å². The lowest BCUT2D eigenvalue weighted by Crippen LogP contribution is -2.21. The van der Waals surface area contributed by atoms with Crippen LogP contribution in [0.25, 0.3) is 0 Å². The molecule has 0 fully saturated rings. The number of aliphatic hydroxyl groups excluding tert-OH is 1. The molecule has 0 aliphatic heterocycles. The smallest absolute Gasteiger partial charge is 0.0558 e. The van der Waals surface area contributed by atoms with Gasteiger partial charge >= 0.3 is 0 Å². The third-order valence-electron chi connectivity index (χ3n) is 1.49. The van der Waals surface area contributed by atoms with Crippen LogP contribution in [0.4, 0.5) is 0 Å². The zero-order valence-electron chi connectivity index (χ0n) is 8.62. The van der Waals surface area contributed by atoms with E-state index >= 15 is 0 Å². The van der Waals surface area contributed by atoms with Gasteiger partial charge in [0.25, 0.3) is 0 Å². The van der Waals surface area contributed by atoms with Crippen LogP contribution >= 0.6 is 0 Å². The summed E-state index contributed by atoms with van der Waals surface area (Å²) < 4.78 is 0. The number of likely N-dealkylation sites (N-methyl/N-ethyl adjacent to an activating group) is 1. The van der Waals surface area contributed by atoms with Crippen LogP contribution in [0.3, 0.4) is 0 Å². The van der Waals surface area contributed by atoms with Crippen LogP contribution in [-0.2, 0) is 6.54 Å². The molecule has 1 aromatic rings. The number of hydrogen-bond donors (Lipinski definition) is 2. The van der Waals surface area contributed by atoms with E-state index in [1.807, 2.05) is 32.0 Å². The number of aromatic nitrogens is 2. The molecule has 1 aromatic heterocycles. The zero-order valence-corrected chi connectivity index (χ0v) is 8.62. The molecule has 0 unspecified atom stereocenters. The van der Waals surface area contributed by atoms with Crippen molar-refractivity contribution in [2.75, 3.05) is 20.2 Å². The molecular formula is C9H19N3O. The lowest BCUT2D eigenvalue weighted by molar-refractivity contribution is 0.217. The van der Waals surface area contributed by atoms with Gasteiger partial charge in [-0.15, -0.1) is 0 Å². The van der Waals surface area contributed by atoms with Crippen molar-refractivity contribution in [2.24, 2.45) is 0 Å². The number of nitrogens with zero attached hydrogens (tertiary/aromatic N) is 2. The quantitative estimate of drug-likeness (QED) is 0.731. The molecule has 0 aromatic carbocycles. The first-order valence-corrected chi connectivity index (χ1v) is 4.60. The number of H-pyrrole nitrogens is 1. The summed E-state index contributed by atoms with van der Waals surface area (Å²) >= 11 is 0. The molecule has 0 bridgehead atoms. The van der Waals surface area contributed by atoms with Crippen LogP contribution in [0.2, 0.25) is 0 Å². The highest BCUT2D eigenvalue weighted by atomic mass is 16.3. The van der Waals surface area contributed by atoms with Crippen molar-refractivity contribution in [2.45, 2.75) is 20.4 Å². The highest BCUT2D eigenvalue weighted by molar-refractivity contribution is 5.01. The Labute approximate surface area is 79.6 Å². The number of aromatic amines is 1. The Morgan fingerprint density at radius 2 is 2.23 bits per heavy atom. The topological polar surface area (TPSA) is 52.1 Å². The summed E-state index contributed by atoms with van der Waals surface area (Å²) in [5.41, 5.74) is 1.14. The molecule has 2 N–H and O–H groups in total. The van der Waals surface area contributed by atoms with E-state index in [9.17, 15) is 0 Å². The first-order valence-electron chi connectivity index (χ1n) is 4.60. The third kappa shape index (κ3) is 5.38. The molecule has 76 valence electrons. The minimum absolute atomic E-state index is 0.203. The van der Waals surface area contributed by atoms with Gasteiger partial charge in [-0.2, -0.15) is 5.10 Å². The number of aliphatic hydroxyl groups is 1. The van der Waals surface area contributed by atoms with E-state index in [1.54, 1.807) is 6.20 Å². The van der Waals surface area contributed by atoms with Gasteiger partial charge in [0.05, 0.1) is 12.8 Å². The summed E-state index contributed by atoms with van der Waals surface area (Å²) in [6.45, 7) is 5.73. The van der Waals surface area contributed by atoms with Gasteiger partial charge in [-0.3, -0.25) is 10.00 Å². The predicted molar refractivity (Wildman–Crippen MR) is 53.4 cm³/mol. The molecule has 4 heteroatoms. The third-order valence-corrected chi connectivity index (χ3v) is 1.49. The van der Waals surface area contributed by atoms with Gasteiger partial charge in [0, 0.05) is 24.8 Å². The average Bonchev–Trinajstić information content (AvgIpc) is 2.61. The molecule has 1 heterocycles. The molecule has 13 heavy (non-hydrogen) atoms. The molecule has 1 rings (SSSR count). The van der Waals surface area contributed by atoms with Gasteiger partial charge in [0.2, 0.25) is 0 Å². The Bertz CT molecular complexity index is 187. The Morgan fingerprint density at radius 3 is 2.69 bits per heavy atom. The monoisotopic (exact) mass is 185 g/mol. The summed E-state index contributed by atoms with van der Waals surface area (Å²) in [4.78, 5) is 2.03. The fraction of sp³-hybridized carbons (Fsp3) is 0.667. The normalized spacial score (nSPS) is 9.62. The van der Waals surface area contributed by atoms with Crippen molar-refractivity contribution in [1.29, 1.82) is 0 Å². The van der Waals surface area contributed by atoms with E-state index in [-0.39, 0.29) is 6.61 Å². The van der Waals surface area contributed by atoms with Gasteiger partial charge in [-0.25, -0.2) is 0 Å². The molecule has 4 nitrogen and oxygen atoms in total. The summed E-state index contributed by atoms with van der Waals surface area (Å²) in [5, 5.41) is 15.2. The summed E-state index contributed by atoms with van der Waals surface area (Å²) in [7, 11) is 1.96. The lowest BCUT2D eigenvalue weighted by Gasteiger charge is -2.12. The molecule has 0 amide bonds. The summed E-state index contributed by atoms with van der Waals surface area (Å²) in [6.07, 6.45) is 3.64. The Morgan fingerprint density at radius 1 is 1.54 bits per heavy atom. The maximum atomic E-state index is 8.60. The summed E-state index contributed by atoms with van der Waals surface area (Å²) in [5.74, 6) is 0. The van der Waals surface area contributed by atoms with Gasteiger partial charge in [-0.05, 0) is 7.05 Å². The van der Waals surface area contributed by atoms with Crippen LogP contribution in [0.1, 0.15) is 19.4 Å². The SMILES string of the molecule is CC.CN(CCO)Cc1cn[nH]c1. The first-order chi connectivity index (χ1) is 6.33. The molecule has 0 saturated carbocycles. The standard InChI is InChI=1S/C7H13N3O.C2H6/c1-10(2-3-11)6-7-4-8-9-5-7;1-2/h4-5,11H,2-3,6H2,1H3,(H,8,9);1-2H3. The molecule has 0 aliphatic carbocycles. The van der Waals surface area contributed by atoms with Crippen molar-refractivity contribution in [1.82, 2.24) is 15.1 Å². The number of nitrogens with one attached hydrogen (secondary N) is 1.